The zero-order chi connectivity index (χ0) is 19.7. The molecule has 0 N–H and O–H groups in total. The average molecular weight is 408 g/mol. The van der Waals surface area contributed by atoms with Crippen molar-refractivity contribution in [2.75, 3.05) is 19.1 Å². The fourth-order valence-corrected chi connectivity index (χ4v) is 4.44. The van der Waals surface area contributed by atoms with Gasteiger partial charge in [0, 0.05) is 5.56 Å². The van der Waals surface area contributed by atoms with E-state index >= 15 is 0 Å². The van der Waals surface area contributed by atoms with E-state index in [-0.39, 0.29) is 5.91 Å². The molecule has 0 bridgehead atoms. The molecule has 4 rings (SSSR count). The number of methoxy groups -OCH3 is 2. The Labute approximate surface area is 172 Å². The lowest BCUT2D eigenvalue weighted by Gasteiger charge is -2.14. The SMILES string of the molecule is COc1ccc(N2C(=O)C(=Cc3c(OC)ccc4ccccc34)SC2=S)cc1. The summed E-state index contributed by atoms with van der Waals surface area (Å²) >= 11 is 6.77. The quantitative estimate of drug-likeness (QED) is 0.436. The molecule has 0 aromatic heterocycles. The van der Waals surface area contributed by atoms with Gasteiger partial charge in [-0.1, -0.05) is 54.3 Å². The number of hydrogen-bond donors (Lipinski definition) is 0. The van der Waals surface area contributed by atoms with Crippen LogP contribution in [0.5, 0.6) is 11.5 Å². The summed E-state index contributed by atoms with van der Waals surface area (Å²) in [6, 6.07) is 19.2. The van der Waals surface area contributed by atoms with E-state index in [1.165, 1.54) is 11.8 Å². The summed E-state index contributed by atoms with van der Waals surface area (Å²) in [4.78, 5) is 15.2. The largest absolute Gasteiger partial charge is 0.497 e. The monoisotopic (exact) mass is 407 g/mol. The Balaban J connectivity index is 1.76. The van der Waals surface area contributed by atoms with Crippen LogP contribution in [0.25, 0.3) is 16.8 Å². The summed E-state index contributed by atoms with van der Waals surface area (Å²) in [5, 5.41) is 2.11. The minimum Gasteiger partial charge on any atom is -0.497 e. The van der Waals surface area contributed by atoms with Crippen molar-refractivity contribution in [1.82, 2.24) is 0 Å². The number of thioether (sulfide) groups is 1. The number of nitrogens with zero attached hydrogens (tertiary/aromatic N) is 1. The Morgan fingerprint density at radius 2 is 1.71 bits per heavy atom. The van der Waals surface area contributed by atoms with Gasteiger partial charge in [-0.15, -0.1) is 0 Å². The number of hydrogen-bond acceptors (Lipinski definition) is 5. The van der Waals surface area contributed by atoms with Crippen LogP contribution in [-0.4, -0.2) is 24.4 Å². The van der Waals surface area contributed by atoms with Gasteiger partial charge in [0.1, 0.15) is 11.5 Å². The van der Waals surface area contributed by atoms with Crippen LogP contribution in [0.4, 0.5) is 5.69 Å². The summed E-state index contributed by atoms with van der Waals surface area (Å²) < 4.78 is 11.2. The third-order valence-corrected chi connectivity index (χ3v) is 5.85. The van der Waals surface area contributed by atoms with Gasteiger partial charge in [-0.3, -0.25) is 9.69 Å². The number of benzene rings is 3. The molecule has 1 amide bonds. The molecule has 0 unspecified atom stereocenters. The molecule has 1 heterocycles. The van der Waals surface area contributed by atoms with Gasteiger partial charge in [-0.25, -0.2) is 0 Å². The zero-order valence-corrected chi connectivity index (χ0v) is 17.0. The lowest BCUT2D eigenvalue weighted by Crippen LogP contribution is -2.27. The van der Waals surface area contributed by atoms with Crippen LogP contribution in [0.15, 0.2) is 65.6 Å². The number of fused-ring (bicyclic) bond motifs is 1. The number of carbonyl (C=O) groups is 1. The normalized spacial score (nSPS) is 15.5. The van der Waals surface area contributed by atoms with Crippen LogP contribution < -0.4 is 14.4 Å². The molecule has 0 spiro atoms. The molecule has 6 heteroatoms. The van der Waals surface area contributed by atoms with Crippen molar-refractivity contribution < 1.29 is 14.3 Å². The van der Waals surface area contributed by atoms with E-state index in [4.69, 9.17) is 21.7 Å². The van der Waals surface area contributed by atoms with E-state index in [0.29, 0.717) is 15.0 Å². The van der Waals surface area contributed by atoms with Gasteiger partial charge < -0.3 is 9.47 Å². The molecular formula is C22H17NO3S2. The first-order valence-electron chi connectivity index (χ1n) is 8.60. The molecule has 1 aliphatic rings. The van der Waals surface area contributed by atoms with Crippen LogP contribution in [0.2, 0.25) is 0 Å². The molecule has 28 heavy (non-hydrogen) atoms. The molecule has 1 saturated heterocycles. The molecule has 1 fully saturated rings. The van der Waals surface area contributed by atoms with Crippen molar-refractivity contribution in [3.05, 3.63) is 71.1 Å². The number of carbonyl (C=O) groups excluding carboxylic acids is 1. The Morgan fingerprint density at radius 1 is 0.964 bits per heavy atom. The minimum absolute atomic E-state index is 0.143. The van der Waals surface area contributed by atoms with E-state index in [1.807, 2.05) is 66.7 Å². The summed E-state index contributed by atoms with van der Waals surface area (Å²) in [5.41, 5.74) is 1.59. The second-order valence-corrected chi connectivity index (χ2v) is 7.79. The standard InChI is InChI=1S/C22H17NO3S2/c1-25-16-10-8-15(9-11-16)23-21(24)20(28-22(23)27)13-18-17-6-4-3-5-14(17)7-12-19(18)26-2/h3-13H,1-2H3. The highest BCUT2D eigenvalue weighted by Crippen LogP contribution is 2.39. The summed E-state index contributed by atoms with van der Waals surface area (Å²) in [6.45, 7) is 0. The third kappa shape index (κ3) is 3.25. The molecule has 4 nitrogen and oxygen atoms in total. The second-order valence-electron chi connectivity index (χ2n) is 6.12. The number of amides is 1. The van der Waals surface area contributed by atoms with Gasteiger partial charge in [0.2, 0.25) is 0 Å². The fourth-order valence-electron chi connectivity index (χ4n) is 3.16. The lowest BCUT2D eigenvalue weighted by atomic mass is 10.0. The highest BCUT2D eigenvalue weighted by Gasteiger charge is 2.33. The van der Waals surface area contributed by atoms with E-state index in [1.54, 1.807) is 19.1 Å². The lowest BCUT2D eigenvalue weighted by molar-refractivity contribution is -0.113. The van der Waals surface area contributed by atoms with Gasteiger partial charge in [0.25, 0.3) is 5.91 Å². The maximum absolute atomic E-state index is 13.1. The molecule has 0 saturated carbocycles. The first kappa shape index (κ1) is 18.5. The van der Waals surface area contributed by atoms with E-state index < -0.39 is 0 Å². The Kier molecular flexibility index (Phi) is 5.07. The highest BCUT2D eigenvalue weighted by molar-refractivity contribution is 8.27. The topological polar surface area (TPSA) is 38.8 Å². The van der Waals surface area contributed by atoms with E-state index in [9.17, 15) is 4.79 Å². The first-order valence-corrected chi connectivity index (χ1v) is 9.82. The van der Waals surface area contributed by atoms with Crippen LogP contribution >= 0.6 is 24.0 Å². The molecule has 0 radical (unpaired) electrons. The highest BCUT2D eigenvalue weighted by atomic mass is 32.2. The first-order chi connectivity index (χ1) is 13.6. The Hall–Kier alpha value is -2.83. The van der Waals surface area contributed by atoms with Crippen LogP contribution in [0.1, 0.15) is 5.56 Å². The van der Waals surface area contributed by atoms with Crippen molar-refractivity contribution >= 4 is 56.7 Å². The summed E-state index contributed by atoms with van der Waals surface area (Å²) in [7, 11) is 3.24. The Bertz CT molecular complexity index is 1110. The summed E-state index contributed by atoms with van der Waals surface area (Å²) in [5.74, 6) is 1.30. The second kappa shape index (κ2) is 7.66. The maximum Gasteiger partial charge on any atom is 0.270 e. The van der Waals surface area contributed by atoms with Gasteiger partial charge in [0.15, 0.2) is 4.32 Å². The minimum atomic E-state index is -0.143. The average Bonchev–Trinajstić information content (AvgIpc) is 3.01. The van der Waals surface area contributed by atoms with Gasteiger partial charge in [0.05, 0.1) is 24.8 Å². The van der Waals surface area contributed by atoms with E-state index in [0.717, 1.165) is 27.8 Å². The van der Waals surface area contributed by atoms with Gasteiger partial charge >= 0.3 is 0 Å². The Morgan fingerprint density at radius 3 is 2.43 bits per heavy atom. The zero-order valence-electron chi connectivity index (χ0n) is 15.3. The van der Waals surface area contributed by atoms with Crippen molar-refractivity contribution in [3.63, 3.8) is 0 Å². The smallest absolute Gasteiger partial charge is 0.270 e. The van der Waals surface area contributed by atoms with Crippen LogP contribution in [-0.2, 0) is 4.79 Å². The van der Waals surface area contributed by atoms with Crippen molar-refractivity contribution in [1.29, 1.82) is 0 Å². The van der Waals surface area contributed by atoms with Crippen LogP contribution in [0.3, 0.4) is 0 Å². The molecule has 0 atom stereocenters. The predicted octanol–water partition coefficient (Wildman–Crippen LogP) is 5.26. The molecule has 140 valence electrons. The van der Waals surface area contributed by atoms with Crippen molar-refractivity contribution in [2.45, 2.75) is 0 Å². The number of ether oxygens (including phenoxy) is 2. The van der Waals surface area contributed by atoms with Crippen molar-refractivity contribution in [2.24, 2.45) is 0 Å². The maximum atomic E-state index is 13.1. The van der Waals surface area contributed by atoms with Crippen LogP contribution in [0, 0.1) is 0 Å². The molecular weight excluding hydrogens is 390 g/mol. The number of thiocarbonyl (C=S) groups is 1. The number of anilines is 1. The van der Waals surface area contributed by atoms with Gasteiger partial charge in [-0.2, -0.15) is 0 Å². The molecule has 1 aliphatic heterocycles. The molecule has 0 aliphatic carbocycles. The molecule has 3 aromatic rings. The summed E-state index contributed by atoms with van der Waals surface area (Å²) in [6.07, 6.45) is 1.87. The fraction of sp³-hybridized carbons (Fsp3) is 0.0909. The van der Waals surface area contributed by atoms with Gasteiger partial charge in [-0.05, 0) is 47.2 Å². The molecule has 3 aromatic carbocycles. The van der Waals surface area contributed by atoms with E-state index in [2.05, 4.69) is 0 Å². The van der Waals surface area contributed by atoms with Crippen molar-refractivity contribution in [3.8, 4) is 11.5 Å². The third-order valence-electron chi connectivity index (χ3n) is 4.55. The number of rotatable bonds is 4. The predicted molar refractivity (Wildman–Crippen MR) is 119 cm³/mol.